The van der Waals surface area contributed by atoms with Gasteiger partial charge in [-0.05, 0) is 30.7 Å². The Balaban J connectivity index is 1.69. The summed E-state index contributed by atoms with van der Waals surface area (Å²) in [5.74, 6) is -1.03. The van der Waals surface area contributed by atoms with Crippen molar-refractivity contribution in [2.75, 3.05) is 18.4 Å². The van der Waals surface area contributed by atoms with Crippen LogP contribution in [0.25, 0.3) is 0 Å². The topological polar surface area (TPSA) is 113 Å². The molecule has 8 nitrogen and oxygen atoms in total. The van der Waals surface area contributed by atoms with Crippen LogP contribution in [0.15, 0.2) is 24.3 Å². The number of nitrogens with one attached hydrogen (secondary N) is 1. The molecule has 0 aromatic heterocycles. The molecule has 8 heteroatoms. The van der Waals surface area contributed by atoms with E-state index in [4.69, 9.17) is 0 Å². The van der Waals surface area contributed by atoms with E-state index in [-0.39, 0.29) is 35.7 Å². The lowest BCUT2D eigenvalue weighted by Gasteiger charge is -2.24. The Labute approximate surface area is 138 Å². The number of hydrogen-bond donors (Lipinski definition) is 2. The number of likely N-dealkylation sites (tertiary alicyclic amines) is 1. The number of carboxylic acid groups (broad SMARTS) is 1. The van der Waals surface area contributed by atoms with Crippen molar-refractivity contribution in [3.8, 4) is 0 Å². The highest BCUT2D eigenvalue weighted by Gasteiger charge is 2.49. The number of hydrogen-bond acceptors (Lipinski definition) is 5. The largest absolute Gasteiger partial charge is 0.480 e. The molecule has 0 radical (unpaired) electrons. The van der Waals surface area contributed by atoms with Crippen molar-refractivity contribution in [2.24, 2.45) is 11.8 Å². The van der Waals surface area contributed by atoms with Gasteiger partial charge in [-0.2, -0.15) is 0 Å². The Bertz CT molecular complexity index is 677. The van der Waals surface area contributed by atoms with Gasteiger partial charge in [-0.15, -0.1) is 0 Å². The monoisotopic (exact) mass is 333 g/mol. The van der Waals surface area contributed by atoms with E-state index in [1.807, 2.05) is 0 Å². The molecule has 3 unspecified atom stereocenters. The molecule has 2 fully saturated rings. The van der Waals surface area contributed by atoms with Crippen molar-refractivity contribution in [3.05, 3.63) is 34.4 Å². The van der Waals surface area contributed by atoms with Crippen LogP contribution < -0.4 is 5.32 Å². The number of benzene rings is 1. The van der Waals surface area contributed by atoms with Crippen molar-refractivity contribution in [1.29, 1.82) is 0 Å². The summed E-state index contributed by atoms with van der Waals surface area (Å²) in [7, 11) is 0. The molecule has 1 aliphatic heterocycles. The van der Waals surface area contributed by atoms with Crippen molar-refractivity contribution in [3.63, 3.8) is 0 Å². The Morgan fingerprint density at radius 2 is 2.08 bits per heavy atom. The van der Waals surface area contributed by atoms with Gasteiger partial charge in [-0.25, -0.2) is 4.79 Å². The Hall–Kier alpha value is -2.64. The van der Waals surface area contributed by atoms with E-state index in [0.717, 1.165) is 19.3 Å². The molecule has 1 heterocycles. The molecule has 0 spiro atoms. The van der Waals surface area contributed by atoms with Crippen molar-refractivity contribution in [2.45, 2.75) is 25.3 Å². The molecule has 2 N–H and O–H groups in total. The maximum absolute atomic E-state index is 12.5. The average Bonchev–Trinajstić information content (AvgIpc) is 3.12. The molecule has 0 bridgehead atoms. The molecule has 1 amide bonds. The number of nitro benzene ring substituents is 1. The van der Waals surface area contributed by atoms with Crippen LogP contribution in [0.1, 0.15) is 19.3 Å². The number of para-hydroxylation sites is 2. The van der Waals surface area contributed by atoms with Crippen LogP contribution in [0.3, 0.4) is 0 Å². The molecule has 3 rings (SSSR count). The third-order valence-corrected chi connectivity index (χ3v) is 4.99. The minimum atomic E-state index is -0.969. The third kappa shape index (κ3) is 2.91. The zero-order valence-corrected chi connectivity index (χ0v) is 13.1. The first-order valence-electron chi connectivity index (χ1n) is 7.98. The van der Waals surface area contributed by atoms with Gasteiger partial charge in [0.2, 0.25) is 5.91 Å². The molecule has 2 aliphatic rings. The molecule has 1 saturated heterocycles. The second-order valence-corrected chi connectivity index (χ2v) is 6.31. The maximum atomic E-state index is 12.5. The number of rotatable bonds is 5. The number of amides is 1. The molecular weight excluding hydrogens is 314 g/mol. The van der Waals surface area contributed by atoms with Crippen LogP contribution in [-0.2, 0) is 9.59 Å². The molecule has 1 aliphatic carbocycles. The number of anilines is 1. The minimum absolute atomic E-state index is 0.0255. The lowest BCUT2D eigenvalue weighted by atomic mass is 9.94. The summed E-state index contributed by atoms with van der Waals surface area (Å²) in [4.78, 5) is 35.9. The molecule has 3 atom stereocenters. The summed E-state index contributed by atoms with van der Waals surface area (Å²) in [5.41, 5.74) is 0.139. The first-order valence-corrected chi connectivity index (χ1v) is 7.98. The van der Waals surface area contributed by atoms with Gasteiger partial charge in [0.25, 0.3) is 5.69 Å². The van der Waals surface area contributed by atoms with Crippen molar-refractivity contribution >= 4 is 23.3 Å². The zero-order chi connectivity index (χ0) is 17.3. The highest BCUT2D eigenvalue weighted by molar-refractivity contribution is 5.87. The number of carbonyl (C=O) groups is 2. The fraction of sp³-hybridized carbons (Fsp3) is 0.500. The second kappa shape index (κ2) is 6.46. The van der Waals surface area contributed by atoms with E-state index < -0.39 is 16.9 Å². The lowest BCUT2D eigenvalue weighted by molar-refractivity contribution is -0.383. The molecule has 128 valence electrons. The maximum Gasteiger partial charge on any atom is 0.326 e. The fourth-order valence-electron chi connectivity index (χ4n) is 3.93. The SMILES string of the molecule is O=C(O)C1C2CCCC2CN1C(=O)CNc1ccccc1[N+](=O)[O-]. The van der Waals surface area contributed by atoms with Gasteiger partial charge < -0.3 is 15.3 Å². The van der Waals surface area contributed by atoms with Crippen LogP contribution in [0.2, 0.25) is 0 Å². The molecule has 1 saturated carbocycles. The Morgan fingerprint density at radius 1 is 1.33 bits per heavy atom. The Morgan fingerprint density at radius 3 is 2.79 bits per heavy atom. The van der Waals surface area contributed by atoms with Crippen LogP contribution in [0, 0.1) is 22.0 Å². The van der Waals surface area contributed by atoms with E-state index in [1.54, 1.807) is 12.1 Å². The summed E-state index contributed by atoms with van der Waals surface area (Å²) in [6, 6.07) is 5.29. The highest BCUT2D eigenvalue weighted by Crippen LogP contribution is 2.42. The van der Waals surface area contributed by atoms with Gasteiger partial charge in [-0.3, -0.25) is 14.9 Å². The molecule has 1 aromatic rings. The lowest BCUT2D eigenvalue weighted by Crippen LogP contribution is -2.45. The Kier molecular flexibility index (Phi) is 4.37. The van der Waals surface area contributed by atoms with E-state index in [9.17, 15) is 24.8 Å². The van der Waals surface area contributed by atoms with Crippen LogP contribution in [-0.4, -0.2) is 45.9 Å². The molecule has 24 heavy (non-hydrogen) atoms. The zero-order valence-electron chi connectivity index (χ0n) is 13.1. The summed E-state index contributed by atoms with van der Waals surface area (Å²) >= 11 is 0. The summed E-state index contributed by atoms with van der Waals surface area (Å²) in [6.45, 7) is 0.299. The van der Waals surface area contributed by atoms with Crippen molar-refractivity contribution < 1.29 is 19.6 Å². The standard InChI is InChI=1S/C16H19N3O5/c20-14(8-17-12-6-1-2-7-13(12)19(23)24)18-9-10-4-3-5-11(10)15(18)16(21)22/h1-2,6-7,10-11,15,17H,3-5,8-9H2,(H,21,22). The molecular formula is C16H19N3O5. The number of carbonyl (C=O) groups excluding carboxylic acids is 1. The number of carboxylic acids is 1. The summed E-state index contributed by atoms with van der Waals surface area (Å²) in [6.07, 6.45) is 2.80. The van der Waals surface area contributed by atoms with Gasteiger partial charge in [0.05, 0.1) is 11.5 Å². The van der Waals surface area contributed by atoms with Crippen molar-refractivity contribution in [1.82, 2.24) is 4.90 Å². The van der Waals surface area contributed by atoms with E-state index >= 15 is 0 Å². The van der Waals surface area contributed by atoms with Gasteiger partial charge in [0.1, 0.15) is 11.7 Å². The van der Waals surface area contributed by atoms with E-state index in [1.165, 1.54) is 17.0 Å². The van der Waals surface area contributed by atoms with Gasteiger partial charge in [0.15, 0.2) is 0 Å². The highest BCUT2D eigenvalue weighted by atomic mass is 16.6. The van der Waals surface area contributed by atoms with Crippen LogP contribution >= 0.6 is 0 Å². The number of aliphatic carboxylic acids is 1. The normalized spacial score (nSPS) is 25.3. The van der Waals surface area contributed by atoms with Crippen LogP contribution in [0.4, 0.5) is 11.4 Å². The molecule has 1 aromatic carbocycles. The summed E-state index contributed by atoms with van der Waals surface area (Å²) < 4.78 is 0. The number of fused-ring (bicyclic) bond motifs is 1. The minimum Gasteiger partial charge on any atom is -0.480 e. The smallest absolute Gasteiger partial charge is 0.326 e. The first kappa shape index (κ1) is 16.2. The number of nitrogens with zero attached hydrogens (tertiary/aromatic N) is 2. The third-order valence-electron chi connectivity index (χ3n) is 4.99. The van der Waals surface area contributed by atoms with E-state index in [0.29, 0.717) is 6.54 Å². The van der Waals surface area contributed by atoms with Gasteiger partial charge in [0, 0.05) is 12.6 Å². The predicted octanol–water partition coefficient (Wildman–Crippen LogP) is 1.72. The number of nitro groups is 1. The predicted molar refractivity (Wildman–Crippen MR) is 85.6 cm³/mol. The van der Waals surface area contributed by atoms with Gasteiger partial charge >= 0.3 is 5.97 Å². The second-order valence-electron chi connectivity index (χ2n) is 6.31. The first-order chi connectivity index (χ1) is 11.5. The average molecular weight is 333 g/mol. The van der Waals surface area contributed by atoms with E-state index in [2.05, 4.69) is 5.32 Å². The van der Waals surface area contributed by atoms with Gasteiger partial charge in [-0.1, -0.05) is 18.6 Å². The summed E-state index contributed by atoms with van der Waals surface area (Å²) in [5, 5.41) is 23.2. The fourth-order valence-corrected chi connectivity index (χ4v) is 3.93. The van der Waals surface area contributed by atoms with Crippen LogP contribution in [0.5, 0.6) is 0 Å². The quantitative estimate of drug-likeness (QED) is 0.626.